The fourth-order valence-corrected chi connectivity index (χ4v) is 4.58. The van der Waals surface area contributed by atoms with Crippen LogP contribution in [0.1, 0.15) is 40.7 Å². The van der Waals surface area contributed by atoms with E-state index < -0.39 is 17.6 Å². The molecule has 9 heteroatoms. The molecule has 1 N–H and O–H groups in total. The molecular weight excluding hydrogens is 399 g/mol. The molecule has 0 radical (unpaired) electrons. The van der Waals surface area contributed by atoms with Crippen molar-refractivity contribution in [3.05, 3.63) is 34.9 Å². The van der Waals surface area contributed by atoms with Gasteiger partial charge in [0.1, 0.15) is 0 Å². The first kappa shape index (κ1) is 21.1. The molecule has 2 fully saturated rings. The molecule has 0 spiro atoms. The summed E-state index contributed by atoms with van der Waals surface area (Å²) in [7, 11) is 0. The van der Waals surface area contributed by atoms with E-state index in [9.17, 15) is 22.8 Å². The SMILES string of the molecule is O=C(CN1CCc2ccc(C(F)(F)F)cc2C1=O)NC1CCN(C2CCOCC2)C1. The monoisotopic (exact) mass is 425 g/mol. The van der Waals surface area contributed by atoms with Crippen molar-refractivity contribution < 1.29 is 27.5 Å². The summed E-state index contributed by atoms with van der Waals surface area (Å²) in [5.74, 6) is -0.787. The first-order chi connectivity index (χ1) is 14.3. The number of nitrogens with zero attached hydrogens (tertiary/aromatic N) is 2. The normalized spacial score (nSPS) is 23.5. The Bertz CT molecular complexity index is 808. The molecule has 0 aromatic heterocycles. The van der Waals surface area contributed by atoms with Crippen LogP contribution in [0, 0.1) is 0 Å². The summed E-state index contributed by atoms with van der Waals surface area (Å²) in [5.41, 5.74) is -0.219. The number of benzene rings is 1. The summed E-state index contributed by atoms with van der Waals surface area (Å²) in [6, 6.07) is 3.77. The Morgan fingerprint density at radius 3 is 2.67 bits per heavy atom. The molecule has 3 heterocycles. The molecule has 2 saturated heterocycles. The second-order valence-electron chi connectivity index (χ2n) is 8.24. The average molecular weight is 425 g/mol. The molecule has 6 nitrogen and oxygen atoms in total. The summed E-state index contributed by atoms with van der Waals surface area (Å²) in [6.45, 7) is 3.43. The van der Waals surface area contributed by atoms with Crippen LogP contribution in [0.4, 0.5) is 13.2 Å². The zero-order chi connectivity index (χ0) is 21.3. The van der Waals surface area contributed by atoms with Crippen LogP contribution in [-0.4, -0.2) is 73.1 Å². The number of hydrogen-bond donors (Lipinski definition) is 1. The molecule has 1 aromatic rings. The van der Waals surface area contributed by atoms with Crippen molar-refractivity contribution >= 4 is 11.8 Å². The summed E-state index contributed by atoms with van der Waals surface area (Å²) >= 11 is 0. The number of ether oxygens (including phenoxy) is 1. The lowest BCUT2D eigenvalue weighted by Gasteiger charge is -2.31. The number of alkyl halides is 3. The zero-order valence-electron chi connectivity index (χ0n) is 16.7. The second kappa shape index (κ2) is 8.55. The summed E-state index contributed by atoms with van der Waals surface area (Å²) in [5, 5.41) is 2.99. The molecule has 0 bridgehead atoms. The van der Waals surface area contributed by atoms with Crippen molar-refractivity contribution in [3.63, 3.8) is 0 Å². The third kappa shape index (κ3) is 4.62. The fourth-order valence-electron chi connectivity index (χ4n) is 4.58. The Hall–Kier alpha value is -2.13. The van der Waals surface area contributed by atoms with E-state index in [0.29, 0.717) is 24.6 Å². The van der Waals surface area contributed by atoms with Crippen molar-refractivity contribution in [3.8, 4) is 0 Å². The second-order valence-corrected chi connectivity index (χ2v) is 8.24. The number of hydrogen-bond acceptors (Lipinski definition) is 4. The van der Waals surface area contributed by atoms with E-state index in [1.165, 1.54) is 11.0 Å². The highest BCUT2D eigenvalue weighted by Gasteiger charge is 2.35. The van der Waals surface area contributed by atoms with Gasteiger partial charge in [0.15, 0.2) is 0 Å². The van der Waals surface area contributed by atoms with Gasteiger partial charge in [0.2, 0.25) is 5.91 Å². The van der Waals surface area contributed by atoms with E-state index in [0.717, 1.165) is 57.7 Å². The van der Waals surface area contributed by atoms with E-state index in [-0.39, 0.29) is 24.1 Å². The van der Waals surface area contributed by atoms with E-state index in [4.69, 9.17) is 4.74 Å². The van der Waals surface area contributed by atoms with Gasteiger partial charge < -0.3 is 15.0 Å². The summed E-state index contributed by atoms with van der Waals surface area (Å²) in [6.07, 6.45) is -1.21. The number of halogens is 3. The first-order valence-corrected chi connectivity index (χ1v) is 10.4. The van der Waals surface area contributed by atoms with E-state index >= 15 is 0 Å². The Morgan fingerprint density at radius 2 is 1.93 bits per heavy atom. The molecule has 1 atom stereocenters. The third-order valence-electron chi connectivity index (χ3n) is 6.23. The van der Waals surface area contributed by atoms with Crippen LogP contribution in [0.25, 0.3) is 0 Å². The minimum absolute atomic E-state index is 0.0318. The Balaban J connectivity index is 1.33. The Morgan fingerprint density at radius 1 is 1.17 bits per heavy atom. The zero-order valence-corrected chi connectivity index (χ0v) is 16.7. The smallest absolute Gasteiger partial charge is 0.381 e. The molecule has 1 unspecified atom stereocenters. The van der Waals surface area contributed by atoms with E-state index in [2.05, 4.69) is 10.2 Å². The van der Waals surface area contributed by atoms with Gasteiger partial charge in [-0.3, -0.25) is 14.5 Å². The van der Waals surface area contributed by atoms with Crippen molar-refractivity contribution in [1.29, 1.82) is 0 Å². The third-order valence-corrected chi connectivity index (χ3v) is 6.23. The van der Waals surface area contributed by atoms with Gasteiger partial charge in [-0.2, -0.15) is 13.2 Å². The Labute approximate surface area is 173 Å². The predicted octanol–water partition coefficient (Wildman–Crippen LogP) is 2.07. The number of rotatable bonds is 4. The van der Waals surface area contributed by atoms with Crippen molar-refractivity contribution in [2.75, 3.05) is 39.4 Å². The highest BCUT2D eigenvalue weighted by atomic mass is 19.4. The maximum atomic E-state index is 13.0. The summed E-state index contributed by atoms with van der Waals surface area (Å²) in [4.78, 5) is 28.9. The number of carbonyl (C=O) groups excluding carboxylic acids is 2. The maximum absolute atomic E-state index is 13.0. The number of carbonyl (C=O) groups is 2. The van der Waals surface area contributed by atoms with Crippen LogP contribution in [-0.2, 0) is 22.1 Å². The van der Waals surface area contributed by atoms with Gasteiger partial charge in [0, 0.05) is 50.5 Å². The molecule has 3 aliphatic rings. The van der Waals surface area contributed by atoms with Gasteiger partial charge >= 0.3 is 6.18 Å². The largest absolute Gasteiger partial charge is 0.416 e. The Kier molecular flexibility index (Phi) is 6.02. The van der Waals surface area contributed by atoms with Crippen LogP contribution >= 0.6 is 0 Å². The van der Waals surface area contributed by atoms with E-state index in [1.54, 1.807) is 0 Å². The molecular formula is C21H26F3N3O3. The fraction of sp³-hybridized carbons (Fsp3) is 0.619. The van der Waals surface area contributed by atoms with Crippen LogP contribution < -0.4 is 5.32 Å². The quantitative estimate of drug-likeness (QED) is 0.803. The van der Waals surface area contributed by atoms with Crippen LogP contribution in [0.2, 0.25) is 0 Å². The standard InChI is InChI=1S/C21H26F3N3O3/c22-21(23,24)15-2-1-14-3-7-27(20(29)18(14)11-15)13-19(28)25-16-4-8-26(12-16)17-5-9-30-10-6-17/h1-2,11,16-17H,3-10,12-13H2,(H,25,28). The lowest BCUT2D eigenvalue weighted by molar-refractivity contribution is -0.137. The van der Waals surface area contributed by atoms with Crippen LogP contribution in [0.5, 0.6) is 0 Å². The minimum atomic E-state index is -4.51. The van der Waals surface area contributed by atoms with E-state index in [1.807, 2.05) is 0 Å². The number of nitrogens with one attached hydrogen (secondary N) is 1. The average Bonchev–Trinajstić information content (AvgIpc) is 3.18. The highest BCUT2D eigenvalue weighted by molar-refractivity contribution is 5.99. The topological polar surface area (TPSA) is 61.9 Å². The van der Waals surface area contributed by atoms with Crippen molar-refractivity contribution in [2.24, 2.45) is 0 Å². The van der Waals surface area contributed by atoms with Gasteiger partial charge in [-0.15, -0.1) is 0 Å². The van der Waals surface area contributed by atoms with Crippen LogP contribution in [0.3, 0.4) is 0 Å². The van der Waals surface area contributed by atoms with Gasteiger partial charge in [-0.1, -0.05) is 6.07 Å². The van der Waals surface area contributed by atoms with Gasteiger partial charge in [0.25, 0.3) is 5.91 Å². The van der Waals surface area contributed by atoms with Gasteiger partial charge in [-0.25, -0.2) is 0 Å². The maximum Gasteiger partial charge on any atom is 0.416 e. The highest BCUT2D eigenvalue weighted by Crippen LogP contribution is 2.32. The summed E-state index contributed by atoms with van der Waals surface area (Å²) < 4.78 is 44.4. The van der Waals surface area contributed by atoms with Crippen LogP contribution in [0.15, 0.2) is 18.2 Å². The van der Waals surface area contributed by atoms with Gasteiger partial charge in [0.05, 0.1) is 12.1 Å². The molecule has 30 heavy (non-hydrogen) atoms. The molecule has 0 saturated carbocycles. The first-order valence-electron chi connectivity index (χ1n) is 10.4. The van der Waals surface area contributed by atoms with Crippen molar-refractivity contribution in [2.45, 2.75) is 43.9 Å². The number of fused-ring (bicyclic) bond motifs is 1. The molecule has 2 amide bonds. The number of amides is 2. The van der Waals surface area contributed by atoms with Crippen molar-refractivity contribution in [1.82, 2.24) is 15.1 Å². The van der Waals surface area contributed by atoms with Gasteiger partial charge in [-0.05, 0) is 43.4 Å². The predicted molar refractivity (Wildman–Crippen MR) is 103 cm³/mol. The molecule has 4 rings (SSSR count). The lowest BCUT2D eigenvalue weighted by Crippen LogP contribution is -2.47. The lowest BCUT2D eigenvalue weighted by atomic mass is 9.96. The minimum Gasteiger partial charge on any atom is -0.381 e. The molecule has 164 valence electrons. The molecule has 1 aromatic carbocycles. The molecule has 0 aliphatic carbocycles. The number of likely N-dealkylation sites (tertiary alicyclic amines) is 1. The molecule has 3 aliphatic heterocycles.